The second-order valence-corrected chi connectivity index (χ2v) is 2.84. The number of hydrogen-bond donors (Lipinski definition) is 1. The van der Waals surface area contributed by atoms with E-state index in [1.54, 1.807) is 24.4 Å². The van der Waals surface area contributed by atoms with Gasteiger partial charge in [0.25, 0.3) is 0 Å². The van der Waals surface area contributed by atoms with E-state index >= 15 is 0 Å². The van der Waals surface area contributed by atoms with Crippen molar-refractivity contribution in [1.29, 1.82) is 0 Å². The Kier molecular flexibility index (Phi) is 2.45. The third kappa shape index (κ3) is 1.71. The summed E-state index contributed by atoms with van der Waals surface area (Å²) < 4.78 is 5.00. The Morgan fingerprint density at radius 3 is 3.00 bits per heavy atom. The highest BCUT2D eigenvalue weighted by Crippen LogP contribution is 2.21. The molecule has 0 atom stereocenters. The fourth-order valence-corrected chi connectivity index (χ4v) is 1.30. The van der Waals surface area contributed by atoms with Crippen LogP contribution in [0.3, 0.4) is 0 Å². The van der Waals surface area contributed by atoms with Crippen LogP contribution < -0.4 is 10.1 Å². The molecule has 0 fully saturated rings. The molecule has 0 aliphatic heterocycles. The van der Waals surface area contributed by atoms with Crippen LogP contribution in [0.25, 0.3) is 11.0 Å². The molecule has 0 saturated carbocycles. The van der Waals surface area contributed by atoms with Gasteiger partial charge in [-0.15, -0.1) is 0 Å². The molecule has 15 heavy (non-hydrogen) atoms. The van der Waals surface area contributed by atoms with Crippen molar-refractivity contribution in [3.05, 3.63) is 24.4 Å². The van der Waals surface area contributed by atoms with Gasteiger partial charge < -0.3 is 10.1 Å². The Hall–Kier alpha value is -2.17. The number of aromatic nitrogens is 2. The zero-order valence-corrected chi connectivity index (χ0v) is 8.10. The normalized spacial score (nSPS) is 9.93. The van der Waals surface area contributed by atoms with E-state index in [4.69, 9.17) is 4.74 Å². The largest absolute Gasteiger partial charge is 0.481 e. The highest BCUT2D eigenvalue weighted by atomic mass is 16.5. The number of methoxy groups -OCH3 is 1. The second kappa shape index (κ2) is 3.91. The second-order valence-electron chi connectivity index (χ2n) is 2.84. The minimum Gasteiger partial charge on any atom is -0.481 e. The summed E-state index contributed by atoms with van der Waals surface area (Å²) in [5.41, 5.74) is 1.94. The number of carbonyl (C=O) groups is 1. The fraction of sp³-hybridized carbons (Fsp3) is 0.100. The zero-order valence-electron chi connectivity index (χ0n) is 8.10. The summed E-state index contributed by atoms with van der Waals surface area (Å²) in [4.78, 5) is 18.7. The number of nitrogens with zero attached hydrogens (tertiary/aromatic N) is 2. The number of fused-ring (bicyclic) bond motifs is 1. The van der Waals surface area contributed by atoms with Crippen LogP contribution in [0.5, 0.6) is 5.88 Å². The average molecular weight is 203 g/mol. The molecule has 2 rings (SSSR count). The van der Waals surface area contributed by atoms with Crippen LogP contribution in [0.4, 0.5) is 5.69 Å². The minimum absolute atomic E-state index is 0.490. The molecule has 5 heteroatoms. The van der Waals surface area contributed by atoms with Gasteiger partial charge in [0.05, 0.1) is 18.3 Å². The first kappa shape index (κ1) is 9.39. The van der Waals surface area contributed by atoms with Gasteiger partial charge >= 0.3 is 0 Å². The van der Waals surface area contributed by atoms with E-state index in [0.717, 1.165) is 0 Å². The van der Waals surface area contributed by atoms with Gasteiger partial charge in [-0.05, 0) is 12.1 Å². The smallest absolute Gasteiger partial charge is 0.213 e. The molecular weight excluding hydrogens is 194 g/mol. The Bertz CT molecular complexity index is 499. The van der Waals surface area contributed by atoms with Crippen molar-refractivity contribution >= 4 is 23.1 Å². The summed E-state index contributed by atoms with van der Waals surface area (Å²) in [6.07, 6.45) is 2.22. The van der Waals surface area contributed by atoms with Gasteiger partial charge in [0.1, 0.15) is 5.52 Å². The monoisotopic (exact) mass is 203 g/mol. The lowest BCUT2D eigenvalue weighted by Gasteiger charge is -2.04. The molecule has 0 unspecified atom stereocenters. The van der Waals surface area contributed by atoms with E-state index < -0.39 is 0 Å². The highest BCUT2D eigenvalue weighted by Gasteiger charge is 2.04. The summed E-state index contributed by atoms with van der Waals surface area (Å²) in [7, 11) is 1.54. The summed E-state index contributed by atoms with van der Waals surface area (Å²) >= 11 is 0. The van der Waals surface area contributed by atoms with Crippen LogP contribution in [0.2, 0.25) is 0 Å². The van der Waals surface area contributed by atoms with Gasteiger partial charge in [-0.3, -0.25) is 9.78 Å². The first-order chi connectivity index (χ1) is 7.35. The lowest BCUT2D eigenvalue weighted by Crippen LogP contribution is -1.97. The third-order valence-electron chi connectivity index (χ3n) is 1.98. The van der Waals surface area contributed by atoms with Crippen LogP contribution in [-0.4, -0.2) is 23.5 Å². The van der Waals surface area contributed by atoms with E-state index in [9.17, 15) is 4.79 Å². The maximum absolute atomic E-state index is 10.4. The molecule has 2 aromatic rings. The number of ether oxygens (including phenoxy) is 1. The molecule has 76 valence electrons. The van der Waals surface area contributed by atoms with Crippen LogP contribution in [0.1, 0.15) is 0 Å². The topological polar surface area (TPSA) is 64.1 Å². The standard InChI is InChI=1S/C10H9N3O2/c1-15-9-3-2-7-10(13-9)8(12-6-14)4-5-11-7/h2-6H,1H3,(H,11,12,14). The Morgan fingerprint density at radius 1 is 1.40 bits per heavy atom. The predicted octanol–water partition coefficient (Wildman–Crippen LogP) is 1.21. The van der Waals surface area contributed by atoms with Crippen LogP contribution in [0, 0.1) is 0 Å². The number of carbonyl (C=O) groups excluding carboxylic acids is 1. The molecule has 0 aromatic carbocycles. The van der Waals surface area contributed by atoms with E-state index in [1.165, 1.54) is 7.11 Å². The molecule has 0 aliphatic carbocycles. The zero-order chi connectivity index (χ0) is 10.7. The van der Waals surface area contributed by atoms with Crippen molar-refractivity contribution in [2.75, 3.05) is 12.4 Å². The van der Waals surface area contributed by atoms with E-state index in [1.807, 2.05) is 0 Å². The predicted molar refractivity (Wildman–Crippen MR) is 55.8 cm³/mol. The van der Waals surface area contributed by atoms with Crippen LogP contribution in [0.15, 0.2) is 24.4 Å². The van der Waals surface area contributed by atoms with Crippen molar-refractivity contribution in [2.24, 2.45) is 0 Å². The molecule has 1 amide bonds. The lowest BCUT2D eigenvalue weighted by atomic mass is 10.3. The molecule has 0 bridgehead atoms. The van der Waals surface area contributed by atoms with Gasteiger partial charge in [0, 0.05) is 12.3 Å². The van der Waals surface area contributed by atoms with Crippen molar-refractivity contribution in [3.8, 4) is 5.88 Å². The lowest BCUT2D eigenvalue weighted by molar-refractivity contribution is -0.105. The Balaban J connectivity index is 2.64. The Morgan fingerprint density at radius 2 is 2.27 bits per heavy atom. The quantitative estimate of drug-likeness (QED) is 0.761. The summed E-state index contributed by atoms with van der Waals surface area (Å²) in [5.74, 6) is 0.490. The van der Waals surface area contributed by atoms with Crippen LogP contribution >= 0.6 is 0 Å². The number of hydrogen-bond acceptors (Lipinski definition) is 4. The van der Waals surface area contributed by atoms with Gasteiger partial charge in [-0.1, -0.05) is 0 Å². The van der Waals surface area contributed by atoms with Gasteiger partial charge in [-0.25, -0.2) is 4.98 Å². The molecule has 2 heterocycles. The minimum atomic E-state index is 0.490. The average Bonchev–Trinajstić information content (AvgIpc) is 2.29. The maximum atomic E-state index is 10.4. The highest BCUT2D eigenvalue weighted by molar-refractivity contribution is 5.92. The summed E-state index contributed by atoms with van der Waals surface area (Å²) in [5, 5.41) is 2.56. The molecule has 5 nitrogen and oxygen atoms in total. The van der Waals surface area contributed by atoms with Crippen molar-refractivity contribution in [1.82, 2.24) is 9.97 Å². The molecule has 1 N–H and O–H groups in total. The number of pyridine rings is 2. The molecule has 0 saturated heterocycles. The van der Waals surface area contributed by atoms with E-state index in [-0.39, 0.29) is 0 Å². The summed E-state index contributed by atoms with van der Waals surface area (Å²) in [6, 6.07) is 5.19. The van der Waals surface area contributed by atoms with Crippen molar-refractivity contribution < 1.29 is 9.53 Å². The molecule has 0 aliphatic rings. The fourth-order valence-electron chi connectivity index (χ4n) is 1.30. The first-order valence-electron chi connectivity index (χ1n) is 4.35. The number of rotatable bonds is 3. The van der Waals surface area contributed by atoms with Gasteiger partial charge in [0.15, 0.2) is 0 Å². The Labute approximate surface area is 86.1 Å². The maximum Gasteiger partial charge on any atom is 0.213 e. The van der Waals surface area contributed by atoms with Crippen molar-refractivity contribution in [2.45, 2.75) is 0 Å². The molecule has 0 spiro atoms. The number of anilines is 1. The number of amides is 1. The van der Waals surface area contributed by atoms with Gasteiger partial charge in [0.2, 0.25) is 12.3 Å². The van der Waals surface area contributed by atoms with E-state index in [0.29, 0.717) is 29.0 Å². The van der Waals surface area contributed by atoms with Gasteiger partial charge in [-0.2, -0.15) is 0 Å². The molecule has 2 aromatic heterocycles. The molecule has 0 radical (unpaired) electrons. The third-order valence-corrected chi connectivity index (χ3v) is 1.98. The number of nitrogens with one attached hydrogen (secondary N) is 1. The van der Waals surface area contributed by atoms with E-state index in [2.05, 4.69) is 15.3 Å². The molecular formula is C10H9N3O2. The summed E-state index contributed by atoms with van der Waals surface area (Å²) in [6.45, 7) is 0. The van der Waals surface area contributed by atoms with Crippen molar-refractivity contribution in [3.63, 3.8) is 0 Å². The first-order valence-corrected chi connectivity index (χ1v) is 4.35. The van der Waals surface area contributed by atoms with Crippen LogP contribution in [-0.2, 0) is 4.79 Å². The SMILES string of the molecule is COc1ccc2nccc(NC=O)c2n1.